The van der Waals surface area contributed by atoms with E-state index in [-0.39, 0.29) is 24.0 Å². The summed E-state index contributed by atoms with van der Waals surface area (Å²) in [4.78, 5) is 7.02. The van der Waals surface area contributed by atoms with Crippen molar-refractivity contribution >= 4 is 29.9 Å². The van der Waals surface area contributed by atoms with Crippen LogP contribution in [0.1, 0.15) is 55.4 Å². The monoisotopic (exact) mass is 537 g/mol. The normalized spacial score (nSPS) is 18.0. The van der Waals surface area contributed by atoms with Gasteiger partial charge in [-0.2, -0.15) is 0 Å². The number of benzene rings is 1. The Morgan fingerprint density at radius 3 is 2.55 bits per heavy atom. The van der Waals surface area contributed by atoms with Gasteiger partial charge in [0.1, 0.15) is 11.6 Å². The number of aromatic nitrogens is 3. The number of nitrogens with one attached hydrogen (secondary N) is 2. The molecule has 7 nitrogen and oxygen atoms in total. The van der Waals surface area contributed by atoms with Gasteiger partial charge in [0.25, 0.3) is 0 Å². The fraction of sp³-hybridized carbons (Fsp3) is 0.609. The lowest BCUT2D eigenvalue weighted by atomic mass is 10.1. The van der Waals surface area contributed by atoms with Crippen molar-refractivity contribution in [3.63, 3.8) is 0 Å². The van der Waals surface area contributed by atoms with Gasteiger partial charge in [-0.1, -0.05) is 36.8 Å². The van der Waals surface area contributed by atoms with Gasteiger partial charge in [0.15, 0.2) is 5.96 Å². The highest BCUT2D eigenvalue weighted by molar-refractivity contribution is 14.0. The summed E-state index contributed by atoms with van der Waals surface area (Å²) in [6, 6.07) is 11.2. The van der Waals surface area contributed by atoms with E-state index < -0.39 is 0 Å². The van der Waals surface area contributed by atoms with Crippen molar-refractivity contribution in [3.8, 4) is 0 Å². The van der Waals surface area contributed by atoms with Crippen molar-refractivity contribution in [1.82, 2.24) is 30.3 Å². The molecule has 2 aliphatic rings. The molecule has 1 atom stereocenters. The zero-order valence-corrected chi connectivity index (χ0v) is 20.9. The summed E-state index contributed by atoms with van der Waals surface area (Å²) in [6.45, 7) is 5.05. The minimum absolute atomic E-state index is 0. The summed E-state index contributed by atoms with van der Waals surface area (Å²) in [7, 11) is 1.84. The topological polar surface area (TPSA) is 70.4 Å². The Hall–Kier alpha value is -1.68. The second-order valence-corrected chi connectivity index (χ2v) is 8.29. The van der Waals surface area contributed by atoms with E-state index in [1.807, 2.05) is 7.05 Å². The van der Waals surface area contributed by atoms with Crippen molar-refractivity contribution in [3.05, 3.63) is 47.5 Å². The Morgan fingerprint density at radius 2 is 1.77 bits per heavy atom. The molecular formula is C23H36IN7. The van der Waals surface area contributed by atoms with E-state index in [2.05, 4.69) is 65.6 Å². The summed E-state index contributed by atoms with van der Waals surface area (Å²) in [5.41, 5.74) is 1.37. The van der Waals surface area contributed by atoms with Gasteiger partial charge in [-0.15, -0.1) is 34.2 Å². The van der Waals surface area contributed by atoms with E-state index in [1.165, 1.54) is 50.8 Å². The zero-order chi connectivity index (χ0) is 20.6. The Labute approximate surface area is 203 Å². The Morgan fingerprint density at radius 1 is 1.00 bits per heavy atom. The van der Waals surface area contributed by atoms with Crippen molar-refractivity contribution in [1.29, 1.82) is 0 Å². The number of nitrogens with zero attached hydrogens (tertiary/aromatic N) is 5. The van der Waals surface area contributed by atoms with Gasteiger partial charge >= 0.3 is 0 Å². The van der Waals surface area contributed by atoms with Crippen LogP contribution in [0.25, 0.3) is 0 Å². The fourth-order valence-corrected chi connectivity index (χ4v) is 4.62. The quantitative estimate of drug-likeness (QED) is 0.323. The molecule has 0 spiro atoms. The SMILES string of the molecule is CN=C(NCCc1nnc2n1CCCCC2)NCC(c1ccccc1)N1CCCC1.I. The second-order valence-electron chi connectivity index (χ2n) is 8.29. The first-order chi connectivity index (χ1) is 14.8. The van der Waals surface area contributed by atoms with Crippen LogP contribution in [0.2, 0.25) is 0 Å². The molecule has 2 aromatic rings. The van der Waals surface area contributed by atoms with Gasteiger partial charge in [-0.05, 0) is 44.3 Å². The molecule has 3 heterocycles. The second kappa shape index (κ2) is 12.4. The van der Waals surface area contributed by atoms with Crippen LogP contribution in [0.4, 0.5) is 0 Å². The summed E-state index contributed by atoms with van der Waals surface area (Å²) in [6.07, 6.45) is 8.25. The number of guanidine groups is 1. The maximum Gasteiger partial charge on any atom is 0.191 e. The van der Waals surface area contributed by atoms with Gasteiger partial charge in [-0.25, -0.2) is 0 Å². The minimum Gasteiger partial charge on any atom is -0.356 e. The van der Waals surface area contributed by atoms with Crippen molar-refractivity contribution in [2.24, 2.45) is 4.99 Å². The lowest BCUT2D eigenvalue weighted by Gasteiger charge is -2.29. The number of fused-ring (bicyclic) bond motifs is 1. The maximum atomic E-state index is 4.43. The molecule has 2 N–H and O–H groups in total. The highest BCUT2D eigenvalue weighted by Crippen LogP contribution is 2.24. The molecule has 0 bridgehead atoms. The van der Waals surface area contributed by atoms with Crippen LogP contribution in [0.15, 0.2) is 35.3 Å². The third-order valence-electron chi connectivity index (χ3n) is 6.28. The lowest BCUT2D eigenvalue weighted by Crippen LogP contribution is -2.43. The third-order valence-corrected chi connectivity index (χ3v) is 6.28. The first-order valence-electron chi connectivity index (χ1n) is 11.5. The van der Waals surface area contributed by atoms with Gasteiger partial charge in [-0.3, -0.25) is 9.89 Å². The number of likely N-dealkylation sites (tertiary alicyclic amines) is 1. The number of hydrogen-bond acceptors (Lipinski definition) is 4. The summed E-state index contributed by atoms with van der Waals surface area (Å²) < 4.78 is 2.32. The summed E-state index contributed by atoms with van der Waals surface area (Å²) in [5.74, 6) is 3.10. The number of halogens is 1. The third kappa shape index (κ3) is 6.41. The van der Waals surface area contributed by atoms with Crippen LogP contribution >= 0.6 is 24.0 Å². The van der Waals surface area contributed by atoms with E-state index >= 15 is 0 Å². The predicted octanol–water partition coefficient (Wildman–Crippen LogP) is 3.17. The lowest BCUT2D eigenvalue weighted by molar-refractivity contribution is 0.245. The number of rotatable bonds is 7. The minimum atomic E-state index is 0. The van der Waals surface area contributed by atoms with E-state index in [0.717, 1.165) is 50.1 Å². The van der Waals surface area contributed by atoms with Crippen LogP contribution in [0, 0.1) is 0 Å². The van der Waals surface area contributed by atoms with Crippen molar-refractivity contribution < 1.29 is 0 Å². The van der Waals surface area contributed by atoms with Gasteiger partial charge in [0, 0.05) is 39.5 Å². The molecule has 1 unspecified atom stereocenters. The molecule has 1 aromatic carbocycles. The smallest absolute Gasteiger partial charge is 0.191 e. The maximum absolute atomic E-state index is 4.43. The van der Waals surface area contributed by atoms with E-state index in [9.17, 15) is 0 Å². The molecule has 1 fully saturated rings. The Balaban J connectivity index is 0.00000272. The molecule has 1 aromatic heterocycles. The van der Waals surface area contributed by atoms with Crippen molar-refractivity contribution in [2.45, 2.75) is 57.5 Å². The van der Waals surface area contributed by atoms with Gasteiger partial charge < -0.3 is 15.2 Å². The molecule has 0 aliphatic carbocycles. The Bertz CT molecular complexity index is 815. The molecule has 0 amide bonds. The van der Waals surface area contributed by atoms with Gasteiger partial charge in [0.2, 0.25) is 0 Å². The predicted molar refractivity (Wildman–Crippen MR) is 136 cm³/mol. The number of aliphatic imine (C=N–C) groups is 1. The standard InChI is InChI=1S/C23H35N7.HI/c1-24-23(25-14-13-22-28-27-21-12-6-3-7-17-30(21)22)26-18-20(29-15-8-9-16-29)19-10-4-2-5-11-19;/h2,4-5,10-11,20H,3,6-9,12-18H2,1H3,(H2,24,25,26);1H. The summed E-state index contributed by atoms with van der Waals surface area (Å²) >= 11 is 0. The van der Waals surface area contributed by atoms with E-state index in [1.54, 1.807) is 0 Å². The average molecular weight is 537 g/mol. The van der Waals surface area contributed by atoms with Crippen LogP contribution in [0.3, 0.4) is 0 Å². The van der Waals surface area contributed by atoms with E-state index in [4.69, 9.17) is 0 Å². The largest absolute Gasteiger partial charge is 0.356 e. The van der Waals surface area contributed by atoms with Crippen molar-refractivity contribution in [2.75, 3.05) is 33.2 Å². The number of hydrogen-bond donors (Lipinski definition) is 2. The summed E-state index contributed by atoms with van der Waals surface area (Å²) in [5, 5.41) is 15.9. The molecule has 0 saturated carbocycles. The molecular weight excluding hydrogens is 501 g/mol. The zero-order valence-electron chi connectivity index (χ0n) is 18.6. The molecule has 8 heteroatoms. The van der Waals surface area contributed by atoms with Gasteiger partial charge in [0.05, 0.1) is 6.04 Å². The number of aryl methyl sites for hydroxylation is 1. The van der Waals surface area contributed by atoms with Crippen LogP contribution in [0.5, 0.6) is 0 Å². The molecule has 0 radical (unpaired) electrons. The molecule has 31 heavy (non-hydrogen) atoms. The molecule has 1 saturated heterocycles. The molecule has 170 valence electrons. The Kier molecular flexibility index (Phi) is 9.57. The first-order valence-corrected chi connectivity index (χ1v) is 11.5. The van der Waals surface area contributed by atoms with Crippen LogP contribution in [-0.4, -0.2) is 58.9 Å². The molecule has 2 aliphatic heterocycles. The average Bonchev–Trinajstić information content (AvgIpc) is 3.38. The highest BCUT2D eigenvalue weighted by atomic mass is 127. The highest BCUT2D eigenvalue weighted by Gasteiger charge is 2.23. The van der Waals surface area contributed by atoms with Crippen LogP contribution in [-0.2, 0) is 19.4 Å². The van der Waals surface area contributed by atoms with E-state index in [0.29, 0.717) is 6.04 Å². The molecule has 4 rings (SSSR count). The fourth-order valence-electron chi connectivity index (χ4n) is 4.62. The van der Waals surface area contributed by atoms with Crippen LogP contribution < -0.4 is 10.6 Å². The first kappa shape index (κ1) is 24.0.